The number of para-hydroxylation sites is 1. The molecule has 0 saturated carbocycles. The number of carbonyl (C=O) groups excluding carboxylic acids is 1. The number of ether oxygens (including phenoxy) is 1. The molecule has 0 radical (unpaired) electrons. The fourth-order valence-corrected chi connectivity index (χ4v) is 3.77. The average Bonchev–Trinajstić information content (AvgIpc) is 3.07. The molecule has 0 spiro atoms. The minimum atomic E-state index is -3.22. The van der Waals surface area contributed by atoms with Crippen LogP contribution in [0.4, 0.5) is 0 Å². The van der Waals surface area contributed by atoms with Crippen molar-refractivity contribution in [2.45, 2.75) is 37.7 Å². The van der Waals surface area contributed by atoms with E-state index >= 15 is 0 Å². The van der Waals surface area contributed by atoms with Crippen LogP contribution in [0.15, 0.2) is 47.4 Å². The second kappa shape index (κ2) is 7.72. The van der Waals surface area contributed by atoms with Gasteiger partial charge >= 0.3 is 0 Å². The van der Waals surface area contributed by atoms with Crippen LogP contribution in [-0.2, 0) is 21.1 Å². The maximum atomic E-state index is 12.0. The summed E-state index contributed by atoms with van der Waals surface area (Å²) in [6, 6.07) is 12.8. The lowest BCUT2D eigenvalue weighted by atomic mass is 10.0. The van der Waals surface area contributed by atoms with Gasteiger partial charge in [-0.05, 0) is 29.7 Å². The smallest absolute Gasteiger partial charge is 0.222 e. The third-order valence-corrected chi connectivity index (χ3v) is 6.11. The standard InChI is InChI=1S/C21H25NO4S/c1-4-14(2)21(23)22-13-17-12-16-6-5-7-19(20(16)26-17)15-8-10-18(11-9-15)27(3,24)25/h5-11,14,17H,4,12-13H2,1-3H3,(H,22,23). The molecule has 144 valence electrons. The fourth-order valence-electron chi connectivity index (χ4n) is 3.14. The zero-order valence-corrected chi connectivity index (χ0v) is 16.7. The Labute approximate surface area is 160 Å². The Morgan fingerprint density at radius 3 is 2.56 bits per heavy atom. The molecule has 0 bridgehead atoms. The molecule has 1 aliphatic rings. The molecule has 3 rings (SSSR count). The second-order valence-corrected chi connectivity index (χ2v) is 9.10. The fraction of sp³-hybridized carbons (Fsp3) is 0.381. The highest BCUT2D eigenvalue weighted by Crippen LogP contribution is 2.38. The monoisotopic (exact) mass is 387 g/mol. The molecule has 2 aromatic carbocycles. The van der Waals surface area contributed by atoms with Crippen molar-refractivity contribution in [1.82, 2.24) is 5.32 Å². The first-order chi connectivity index (χ1) is 12.8. The minimum absolute atomic E-state index is 0.00213. The normalized spacial score (nSPS) is 17.1. The van der Waals surface area contributed by atoms with Gasteiger partial charge in [0.25, 0.3) is 0 Å². The third-order valence-electron chi connectivity index (χ3n) is 4.99. The van der Waals surface area contributed by atoms with Crippen LogP contribution in [0.5, 0.6) is 5.75 Å². The van der Waals surface area contributed by atoms with E-state index in [1.807, 2.05) is 32.0 Å². The summed E-state index contributed by atoms with van der Waals surface area (Å²) in [5.74, 6) is 0.860. The number of fused-ring (bicyclic) bond motifs is 1. The SMILES string of the molecule is CCC(C)C(=O)NCC1Cc2cccc(-c3ccc(S(C)(=O)=O)cc3)c2O1. The maximum Gasteiger partial charge on any atom is 0.222 e. The molecule has 27 heavy (non-hydrogen) atoms. The average molecular weight is 388 g/mol. The summed E-state index contributed by atoms with van der Waals surface area (Å²) in [4.78, 5) is 12.3. The van der Waals surface area contributed by atoms with Gasteiger partial charge in [-0.1, -0.05) is 44.2 Å². The van der Waals surface area contributed by atoms with Gasteiger partial charge in [0, 0.05) is 24.2 Å². The Morgan fingerprint density at radius 1 is 1.22 bits per heavy atom. The predicted octanol–water partition coefficient (Wildman–Crippen LogP) is 3.22. The lowest BCUT2D eigenvalue weighted by molar-refractivity contribution is -0.124. The Hall–Kier alpha value is -2.34. The van der Waals surface area contributed by atoms with Gasteiger partial charge in [0.1, 0.15) is 11.9 Å². The van der Waals surface area contributed by atoms with E-state index in [9.17, 15) is 13.2 Å². The van der Waals surface area contributed by atoms with Gasteiger partial charge in [-0.15, -0.1) is 0 Å². The highest BCUT2D eigenvalue weighted by Gasteiger charge is 2.26. The van der Waals surface area contributed by atoms with Crippen LogP contribution in [-0.4, -0.2) is 33.2 Å². The number of sulfone groups is 1. The molecular formula is C21H25NO4S. The number of amides is 1. The van der Waals surface area contributed by atoms with Crippen LogP contribution in [0.25, 0.3) is 11.1 Å². The summed E-state index contributed by atoms with van der Waals surface area (Å²) in [6.07, 6.45) is 2.66. The Balaban J connectivity index is 1.76. The molecule has 2 aromatic rings. The first-order valence-corrected chi connectivity index (χ1v) is 11.1. The molecule has 1 aliphatic heterocycles. The minimum Gasteiger partial charge on any atom is -0.487 e. The van der Waals surface area contributed by atoms with E-state index in [4.69, 9.17) is 4.74 Å². The lowest BCUT2D eigenvalue weighted by Gasteiger charge is -2.15. The number of hydrogen-bond acceptors (Lipinski definition) is 4. The number of benzene rings is 2. The first kappa shape index (κ1) is 19.4. The van der Waals surface area contributed by atoms with Gasteiger partial charge in [-0.25, -0.2) is 8.42 Å². The van der Waals surface area contributed by atoms with Gasteiger partial charge in [-0.3, -0.25) is 4.79 Å². The molecule has 1 heterocycles. The van der Waals surface area contributed by atoms with E-state index in [1.54, 1.807) is 24.3 Å². The first-order valence-electron chi connectivity index (χ1n) is 9.16. The largest absolute Gasteiger partial charge is 0.487 e. The highest BCUT2D eigenvalue weighted by molar-refractivity contribution is 7.90. The topological polar surface area (TPSA) is 72.5 Å². The summed E-state index contributed by atoms with van der Waals surface area (Å²) in [6.45, 7) is 4.38. The van der Waals surface area contributed by atoms with Crippen molar-refractivity contribution >= 4 is 15.7 Å². The molecule has 5 nitrogen and oxygen atoms in total. The summed E-state index contributed by atoms with van der Waals surface area (Å²) >= 11 is 0. The molecular weight excluding hydrogens is 362 g/mol. The molecule has 6 heteroatoms. The molecule has 2 unspecified atom stereocenters. The van der Waals surface area contributed by atoms with E-state index in [0.29, 0.717) is 11.4 Å². The Morgan fingerprint density at radius 2 is 1.93 bits per heavy atom. The van der Waals surface area contributed by atoms with Crippen LogP contribution in [0.2, 0.25) is 0 Å². The van der Waals surface area contributed by atoms with Gasteiger partial charge in [0.05, 0.1) is 11.4 Å². The van der Waals surface area contributed by atoms with Gasteiger partial charge in [0.2, 0.25) is 5.91 Å². The third kappa shape index (κ3) is 4.33. The number of carbonyl (C=O) groups is 1. The second-order valence-electron chi connectivity index (χ2n) is 7.09. The van der Waals surface area contributed by atoms with Crippen LogP contribution < -0.4 is 10.1 Å². The Bertz CT molecular complexity index is 935. The molecule has 1 amide bonds. The van der Waals surface area contributed by atoms with Crippen molar-refractivity contribution in [3.63, 3.8) is 0 Å². The van der Waals surface area contributed by atoms with Crippen molar-refractivity contribution in [2.75, 3.05) is 12.8 Å². The molecule has 0 fully saturated rings. The van der Waals surface area contributed by atoms with Crippen molar-refractivity contribution in [1.29, 1.82) is 0 Å². The highest BCUT2D eigenvalue weighted by atomic mass is 32.2. The zero-order chi connectivity index (χ0) is 19.6. The van der Waals surface area contributed by atoms with Crippen molar-refractivity contribution in [3.8, 4) is 16.9 Å². The van der Waals surface area contributed by atoms with Crippen molar-refractivity contribution in [2.24, 2.45) is 5.92 Å². The van der Waals surface area contributed by atoms with E-state index in [-0.39, 0.29) is 17.9 Å². The van der Waals surface area contributed by atoms with Crippen LogP contribution >= 0.6 is 0 Å². The number of hydrogen-bond donors (Lipinski definition) is 1. The molecule has 0 aromatic heterocycles. The predicted molar refractivity (Wildman–Crippen MR) is 106 cm³/mol. The summed E-state index contributed by atoms with van der Waals surface area (Å²) < 4.78 is 29.4. The summed E-state index contributed by atoms with van der Waals surface area (Å²) in [5, 5.41) is 2.96. The molecule has 1 N–H and O–H groups in total. The van der Waals surface area contributed by atoms with E-state index in [2.05, 4.69) is 5.32 Å². The molecule has 0 saturated heterocycles. The molecule has 2 atom stereocenters. The number of rotatable bonds is 6. The van der Waals surface area contributed by atoms with Crippen molar-refractivity contribution in [3.05, 3.63) is 48.0 Å². The summed E-state index contributed by atoms with van der Waals surface area (Å²) in [5.41, 5.74) is 2.94. The lowest BCUT2D eigenvalue weighted by Crippen LogP contribution is -2.37. The summed E-state index contributed by atoms with van der Waals surface area (Å²) in [7, 11) is -3.22. The van der Waals surface area contributed by atoms with Crippen LogP contribution in [0.3, 0.4) is 0 Å². The Kier molecular flexibility index (Phi) is 5.56. The van der Waals surface area contributed by atoms with Gasteiger partial charge in [-0.2, -0.15) is 0 Å². The van der Waals surface area contributed by atoms with Crippen LogP contribution in [0.1, 0.15) is 25.8 Å². The van der Waals surface area contributed by atoms with Gasteiger partial charge < -0.3 is 10.1 Å². The van der Waals surface area contributed by atoms with Crippen molar-refractivity contribution < 1.29 is 17.9 Å². The molecule has 0 aliphatic carbocycles. The van der Waals surface area contributed by atoms with E-state index < -0.39 is 9.84 Å². The van der Waals surface area contributed by atoms with Gasteiger partial charge in [0.15, 0.2) is 9.84 Å². The number of nitrogens with one attached hydrogen (secondary N) is 1. The maximum absolute atomic E-state index is 12.0. The zero-order valence-electron chi connectivity index (χ0n) is 15.9. The quantitative estimate of drug-likeness (QED) is 0.826. The van der Waals surface area contributed by atoms with Crippen LogP contribution in [0, 0.1) is 5.92 Å². The van der Waals surface area contributed by atoms with E-state index in [1.165, 1.54) is 6.26 Å². The van der Waals surface area contributed by atoms with E-state index in [0.717, 1.165) is 35.3 Å².